The standard InChI is InChI=1S/C9H15N3O/c1-7(8(2)13-3)12-9-6-10-4-5-11-9/h4-8H,1-3H3,(H,11,12)/t7-,8?/m1/s1. The Kier molecular flexibility index (Phi) is 3.64. The molecule has 0 fully saturated rings. The smallest absolute Gasteiger partial charge is 0.144 e. The molecule has 4 heteroatoms. The Labute approximate surface area is 78.4 Å². The van der Waals surface area contributed by atoms with Crippen LogP contribution in [0.3, 0.4) is 0 Å². The van der Waals surface area contributed by atoms with Crippen molar-refractivity contribution in [2.45, 2.75) is 26.0 Å². The lowest BCUT2D eigenvalue weighted by atomic mass is 10.2. The zero-order valence-electron chi connectivity index (χ0n) is 8.19. The van der Waals surface area contributed by atoms with Crippen LogP contribution in [0.25, 0.3) is 0 Å². The first-order valence-corrected chi connectivity index (χ1v) is 4.29. The second-order valence-electron chi connectivity index (χ2n) is 2.96. The fourth-order valence-electron chi connectivity index (χ4n) is 0.928. The van der Waals surface area contributed by atoms with Crippen molar-refractivity contribution >= 4 is 5.82 Å². The fraction of sp³-hybridized carbons (Fsp3) is 0.556. The maximum absolute atomic E-state index is 5.17. The Morgan fingerprint density at radius 1 is 1.38 bits per heavy atom. The number of rotatable bonds is 4. The van der Waals surface area contributed by atoms with Crippen LogP contribution in [0.1, 0.15) is 13.8 Å². The molecule has 0 aromatic carbocycles. The van der Waals surface area contributed by atoms with E-state index in [0.717, 1.165) is 5.82 Å². The number of nitrogens with one attached hydrogen (secondary N) is 1. The Hall–Kier alpha value is -1.16. The van der Waals surface area contributed by atoms with Gasteiger partial charge in [-0.2, -0.15) is 0 Å². The molecule has 1 N–H and O–H groups in total. The quantitative estimate of drug-likeness (QED) is 0.760. The van der Waals surface area contributed by atoms with Gasteiger partial charge in [0.1, 0.15) is 5.82 Å². The summed E-state index contributed by atoms with van der Waals surface area (Å²) in [4.78, 5) is 8.06. The molecule has 0 aliphatic rings. The van der Waals surface area contributed by atoms with Gasteiger partial charge in [0.05, 0.1) is 18.3 Å². The van der Waals surface area contributed by atoms with Crippen molar-refractivity contribution in [1.29, 1.82) is 0 Å². The second-order valence-corrected chi connectivity index (χ2v) is 2.96. The third-order valence-electron chi connectivity index (χ3n) is 2.01. The number of hydrogen-bond donors (Lipinski definition) is 1. The third-order valence-corrected chi connectivity index (χ3v) is 2.01. The maximum Gasteiger partial charge on any atom is 0.144 e. The molecule has 4 nitrogen and oxygen atoms in total. The summed E-state index contributed by atoms with van der Waals surface area (Å²) < 4.78 is 5.17. The van der Waals surface area contributed by atoms with Crippen LogP contribution in [0.5, 0.6) is 0 Å². The third kappa shape index (κ3) is 2.99. The van der Waals surface area contributed by atoms with Crippen molar-refractivity contribution in [3.8, 4) is 0 Å². The van der Waals surface area contributed by atoms with E-state index in [4.69, 9.17) is 4.74 Å². The summed E-state index contributed by atoms with van der Waals surface area (Å²) in [5, 5.41) is 3.19. The number of aromatic nitrogens is 2. The first-order chi connectivity index (χ1) is 6.24. The van der Waals surface area contributed by atoms with E-state index in [2.05, 4.69) is 15.3 Å². The lowest BCUT2D eigenvalue weighted by molar-refractivity contribution is 0.106. The highest BCUT2D eigenvalue weighted by molar-refractivity contribution is 5.31. The summed E-state index contributed by atoms with van der Waals surface area (Å²) in [5.41, 5.74) is 0. The Balaban J connectivity index is 2.50. The number of methoxy groups -OCH3 is 1. The van der Waals surface area contributed by atoms with Gasteiger partial charge in [-0.3, -0.25) is 4.98 Å². The highest BCUT2D eigenvalue weighted by Crippen LogP contribution is 2.05. The van der Waals surface area contributed by atoms with Crippen molar-refractivity contribution in [3.63, 3.8) is 0 Å². The first kappa shape index (κ1) is 9.92. The first-order valence-electron chi connectivity index (χ1n) is 4.29. The van der Waals surface area contributed by atoms with Gasteiger partial charge in [-0.15, -0.1) is 0 Å². The normalized spacial score (nSPS) is 15.0. The maximum atomic E-state index is 5.17. The summed E-state index contributed by atoms with van der Waals surface area (Å²) in [7, 11) is 1.69. The van der Waals surface area contributed by atoms with Gasteiger partial charge in [0.2, 0.25) is 0 Å². The van der Waals surface area contributed by atoms with Crippen LogP contribution in [0, 0.1) is 0 Å². The van der Waals surface area contributed by atoms with E-state index in [1.807, 2.05) is 13.8 Å². The van der Waals surface area contributed by atoms with Gasteiger partial charge in [-0.1, -0.05) is 0 Å². The van der Waals surface area contributed by atoms with Gasteiger partial charge in [-0.25, -0.2) is 4.98 Å². The van der Waals surface area contributed by atoms with Crippen molar-refractivity contribution < 1.29 is 4.74 Å². The number of nitrogens with zero attached hydrogens (tertiary/aromatic N) is 2. The molecule has 0 aliphatic carbocycles. The molecular formula is C9H15N3O. The second kappa shape index (κ2) is 4.77. The summed E-state index contributed by atoms with van der Waals surface area (Å²) in [6.45, 7) is 4.05. The van der Waals surface area contributed by atoms with E-state index < -0.39 is 0 Å². The van der Waals surface area contributed by atoms with Crippen LogP contribution in [-0.2, 0) is 4.74 Å². The van der Waals surface area contributed by atoms with Crippen molar-refractivity contribution in [2.24, 2.45) is 0 Å². The van der Waals surface area contributed by atoms with E-state index in [1.54, 1.807) is 25.7 Å². The van der Waals surface area contributed by atoms with Crippen LogP contribution >= 0.6 is 0 Å². The summed E-state index contributed by atoms with van der Waals surface area (Å²) in [6, 6.07) is 0.224. The summed E-state index contributed by atoms with van der Waals surface area (Å²) in [6.07, 6.45) is 5.16. The van der Waals surface area contributed by atoms with E-state index >= 15 is 0 Å². The van der Waals surface area contributed by atoms with Crippen molar-refractivity contribution in [2.75, 3.05) is 12.4 Å². The van der Waals surface area contributed by atoms with Crippen LogP contribution in [0.2, 0.25) is 0 Å². The molecule has 1 heterocycles. The predicted octanol–water partition coefficient (Wildman–Crippen LogP) is 1.31. The minimum absolute atomic E-state index is 0.155. The van der Waals surface area contributed by atoms with Gasteiger partial charge in [0.25, 0.3) is 0 Å². The molecule has 2 atom stereocenters. The molecule has 1 aromatic rings. The molecule has 0 saturated heterocycles. The molecule has 13 heavy (non-hydrogen) atoms. The van der Waals surface area contributed by atoms with Gasteiger partial charge >= 0.3 is 0 Å². The molecule has 1 aromatic heterocycles. The Morgan fingerprint density at radius 2 is 2.15 bits per heavy atom. The molecule has 72 valence electrons. The monoisotopic (exact) mass is 181 g/mol. The fourth-order valence-corrected chi connectivity index (χ4v) is 0.928. The molecule has 0 spiro atoms. The summed E-state index contributed by atoms with van der Waals surface area (Å²) in [5.74, 6) is 0.777. The number of ether oxygens (including phenoxy) is 1. The van der Waals surface area contributed by atoms with Crippen LogP contribution in [-0.4, -0.2) is 29.2 Å². The minimum Gasteiger partial charge on any atom is -0.380 e. The topological polar surface area (TPSA) is 47.0 Å². The molecule has 0 radical (unpaired) electrons. The van der Waals surface area contributed by atoms with Gasteiger partial charge < -0.3 is 10.1 Å². The van der Waals surface area contributed by atoms with E-state index in [-0.39, 0.29) is 12.1 Å². The Bertz CT molecular complexity index is 240. The molecule has 1 unspecified atom stereocenters. The number of hydrogen-bond acceptors (Lipinski definition) is 4. The SMILES string of the molecule is COC(C)[C@@H](C)Nc1cnccn1. The lowest BCUT2D eigenvalue weighted by Gasteiger charge is -2.19. The van der Waals surface area contributed by atoms with Crippen molar-refractivity contribution in [3.05, 3.63) is 18.6 Å². The zero-order valence-corrected chi connectivity index (χ0v) is 8.19. The lowest BCUT2D eigenvalue weighted by Crippen LogP contribution is -2.30. The predicted molar refractivity (Wildman–Crippen MR) is 51.6 cm³/mol. The molecule has 0 amide bonds. The molecule has 0 aliphatic heterocycles. The average Bonchev–Trinajstić information content (AvgIpc) is 2.18. The molecule has 1 rings (SSSR count). The van der Waals surface area contributed by atoms with E-state index in [1.165, 1.54) is 0 Å². The van der Waals surface area contributed by atoms with Gasteiger partial charge in [0, 0.05) is 19.5 Å². The number of anilines is 1. The molecule has 0 saturated carbocycles. The van der Waals surface area contributed by atoms with E-state index in [0.29, 0.717) is 0 Å². The average molecular weight is 181 g/mol. The highest BCUT2D eigenvalue weighted by atomic mass is 16.5. The largest absolute Gasteiger partial charge is 0.380 e. The Morgan fingerprint density at radius 3 is 2.69 bits per heavy atom. The van der Waals surface area contributed by atoms with Gasteiger partial charge in [-0.05, 0) is 13.8 Å². The van der Waals surface area contributed by atoms with Crippen LogP contribution in [0.4, 0.5) is 5.82 Å². The highest BCUT2D eigenvalue weighted by Gasteiger charge is 2.10. The van der Waals surface area contributed by atoms with Crippen molar-refractivity contribution in [1.82, 2.24) is 9.97 Å². The molecule has 0 bridgehead atoms. The minimum atomic E-state index is 0.155. The van der Waals surface area contributed by atoms with E-state index in [9.17, 15) is 0 Å². The zero-order chi connectivity index (χ0) is 9.68. The van der Waals surface area contributed by atoms with Crippen LogP contribution < -0.4 is 5.32 Å². The molecular weight excluding hydrogens is 166 g/mol. The van der Waals surface area contributed by atoms with Crippen LogP contribution in [0.15, 0.2) is 18.6 Å². The van der Waals surface area contributed by atoms with Gasteiger partial charge in [0.15, 0.2) is 0 Å². The summed E-state index contributed by atoms with van der Waals surface area (Å²) >= 11 is 0.